The van der Waals surface area contributed by atoms with Crippen molar-refractivity contribution in [2.24, 2.45) is 0 Å². The monoisotopic (exact) mass is 306 g/mol. The van der Waals surface area contributed by atoms with Crippen LogP contribution in [0.2, 0.25) is 0 Å². The zero-order valence-corrected chi connectivity index (χ0v) is 11.9. The molecule has 0 spiro atoms. The molecular formula is C13H17F3N2OS. The van der Waals surface area contributed by atoms with Gasteiger partial charge >= 0.3 is 12.1 Å². The number of amides is 1. The maximum absolute atomic E-state index is 12.3. The summed E-state index contributed by atoms with van der Waals surface area (Å²) in [4.78, 5) is 11.0. The van der Waals surface area contributed by atoms with Crippen molar-refractivity contribution in [1.29, 1.82) is 0 Å². The van der Waals surface area contributed by atoms with E-state index < -0.39 is 18.1 Å². The van der Waals surface area contributed by atoms with Crippen LogP contribution in [0.1, 0.15) is 31.2 Å². The molecule has 3 atom stereocenters. The van der Waals surface area contributed by atoms with Crippen LogP contribution < -0.4 is 10.6 Å². The Labute approximate surface area is 119 Å². The summed E-state index contributed by atoms with van der Waals surface area (Å²) >= 11 is 1.57. The average molecular weight is 306 g/mol. The Morgan fingerprint density at radius 2 is 2.30 bits per heavy atom. The van der Waals surface area contributed by atoms with E-state index in [-0.39, 0.29) is 12.0 Å². The zero-order valence-electron chi connectivity index (χ0n) is 11.0. The number of alkyl halides is 3. The zero-order chi connectivity index (χ0) is 14.8. The van der Waals surface area contributed by atoms with Gasteiger partial charge in [-0.2, -0.15) is 24.5 Å². The first-order valence-corrected chi connectivity index (χ1v) is 7.49. The summed E-state index contributed by atoms with van der Waals surface area (Å²) in [5.41, 5.74) is 1.13. The van der Waals surface area contributed by atoms with Crippen molar-refractivity contribution in [3.8, 4) is 0 Å². The molecule has 0 saturated carbocycles. The van der Waals surface area contributed by atoms with Gasteiger partial charge in [0, 0.05) is 24.5 Å². The van der Waals surface area contributed by atoms with Crippen LogP contribution in [0.15, 0.2) is 16.8 Å². The third kappa shape index (κ3) is 3.52. The average Bonchev–Trinajstić information content (AvgIpc) is 2.91. The van der Waals surface area contributed by atoms with E-state index in [1.807, 2.05) is 23.8 Å². The lowest BCUT2D eigenvalue weighted by molar-refractivity contribution is -0.174. The fourth-order valence-corrected chi connectivity index (χ4v) is 3.38. The van der Waals surface area contributed by atoms with Gasteiger partial charge in [0.05, 0.1) is 0 Å². The third-order valence-corrected chi connectivity index (χ3v) is 4.36. The molecule has 1 aliphatic rings. The van der Waals surface area contributed by atoms with Crippen LogP contribution in [0.3, 0.4) is 0 Å². The highest BCUT2D eigenvalue weighted by Crippen LogP contribution is 2.31. The quantitative estimate of drug-likeness (QED) is 0.901. The first kappa shape index (κ1) is 15.3. The topological polar surface area (TPSA) is 41.1 Å². The Hall–Kier alpha value is -1.08. The van der Waals surface area contributed by atoms with Gasteiger partial charge in [-0.15, -0.1) is 0 Å². The van der Waals surface area contributed by atoms with Crippen LogP contribution >= 0.6 is 11.3 Å². The van der Waals surface area contributed by atoms with Crippen LogP contribution in [0.5, 0.6) is 0 Å². The minimum absolute atomic E-state index is 0.138. The van der Waals surface area contributed by atoms with Gasteiger partial charge in [-0.3, -0.25) is 4.79 Å². The predicted molar refractivity (Wildman–Crippen MR) is 71.7 cm³/mol. The number of rotatable bonds is 3. The van der Waals surface area contributed by atoms with Crippen LogP contribution in [0.25, 0.3) is 0 Å². The molecule has 1 saturated heterocycles. The van der Waals surface area contributed by atoms with Crippen LogP contribution in [0, 0.1) is 0 Å². The van der Waals surface area contributed by atoms with Gasteiger partial charge in [0.25, 0.3) is 0 Å². The standard InChI is InChI=1S/C13H17F3N2OS/c1-2-11-10(8-3-4-20-7-8)5-9(6-17-11)18-12(19)13(14,15)16/h3-4,7,9-11,17H,2,5-6H2,1H3,(H,18,19). The van der Waals surface area contributed by atoms with Gasteiger partial charge in [-0.1, -0.05) is 6.92 Å². The summed E-state index contributed by atoms with van der Waals surface area (Å²) in [6.45, 7) is 2.42. The van der Waals surface area contributed by atoms with E-state index >= 15 is 0 Å². The molecule has 0 aliphatic carbocycles. The summed E-state index contributed by atoms with van der Waals surface area (Å²) < 4.78 is 36.9. The normalized spacial score (nSPS) is 27.3. The molecule has 2 rings (SSSR count). The molecule has 20 heavy (non-hydrogen) atoms. The molecule has 1 fully saturated rings. The Bertz CT molecular complexity index is 447. The fourth-order valence-electron chi connectivity index (χ4n) is 2.65. The Morgan fingerprint density at radius 1 is 1.55 bits per heavy atom. The summed E-state index contributed by atoms with van der Waals surface area (Å²) in [5.74, 6) is -1.72. The lowest BCUT2D eigenvalue weighted by Gasteiger charge is -2.37. The van der Waals surface area contributed by atoms with E-state index in [9.17, 15) is 18.0 Å². The maximum Gasteiger partial charge on any atom is 0.471 e. The molecule has 112 valence electrons. The number of carbonyl (C=O) groups is 1. The Kier molecular flexibility index (Phi) is 4.70. The van der Waals surface area contributed by atoms with Crippen molar-refractivity contribution in [1.82, 2.24) is 10.6 Å². The van der Waals surface area contributed by atoms with E-state index in [0.29, 0.717) is 13.0 Å². The molecule has 2 heterocycles. The molecule has 3 nitrogen and oxygen atoms in total. The second-order valence-electron chi connectivity index (χ2n) is 4.99. The summed E-state index contributed by atoms with van der Waals surface area (Å²) in [6.07, 6.45) is -3.38. The summed E-state index contributed by atoms with van der Waals surface area (Å²) in [6, 6.07) is 1.74. The van der Waals surface area contributed by atoms with Gasteiger partial charge in [0.2, 0.25) is 0 Å². The highest BCUT2D eigenvalue weighted by atomic mass is 32.1. The number of piperidine rings is 1. The second-order valence-corrected chi connectivity index (χ2v) is 5.77. The van der Waals surface area contributed by atoms with Crippen molar-refractivity contribution in [3.63, 3.8) is 0 Å². The summed E-state index contributed by atoms with van der Waals surface area (Å²) in [7, 11) is 0. The third-order valence-electron chi connectivity index (χ3n) is 3.65. The highest BCUT2D eigenvalue weighted by molar-refractivity contribution is 7.07. The molecular weight excluding hydrogens is 289 g/mol. The SMILES string of the molecule is CCC1NCC(NC(=O)C(F)(F)F)CC1c1ccsc1. The molecule has 1 aliphatic heterocycles. The smallest absolute Gasteiger partial charge is 0.344 e. The van der Waals surface area contributed by atoms with Crippen molar-refractivity contribution in [2.45, 2.75) is 43.9 Å². The number of nitrogens with one attached hydrogen (secondary N) is 2. The first-order chi connectivity index (χ1) is 9.41. The molecule has 0 aromatic carbocycles. The molecule has 0 radical (unpaired) electrons. The van der Waals surface area contributed by atoms with E-state index in [1.165, 1.54) is 0 Å². The van der Waals surface area contributed by atoms with Crippen molar-refractivity contribution in [3.05, 3.63) is 22.4 Å². The molecule has 1 amide bonds. The molecule has 3 unspecified atom stereocenters. The minimum atomic E-state index is -4.82. The molecule has 2 N–H and O–H groups in total. The lowest BCUT2D eigenvalue weighted by atomic mass is 9.83. The molecule has 7 heteroatoms. The van der Waals surface area contributed by atoms with Gasteiger partial charge in [-0.25, -0.2) is 0 Å². The van der Waals surface area contributed by atoms with E-state index in [2.05, 4.69) is 10.6 Å². The lowest BCUT2D eigenvalue weighted by Crippen LogP contribution is -2.54. The number of hydrogen-bond donors (Lipinski definition) is 2. The second kappa shape index (κ2) is 6.13. The van der Waals surface area contributed by atoms with Gasteiger partial charge < -0.3 is 10.6 Å². The molecule has 1 aromatic rings. The van der Waals surface area contributed by atoms with E-state index in [4.69, 9.17) is 0 Å². The molecule has 0 bridgehead atoms. The highest BCUT2D eigenvalue weighted by Gasteiger charge is 2.41. The van der Waals surface area contributed by atoms with Crippen molar-refractivity contribution in [2.75, 3.05) is 6.54 Å². The van der Waals surface area contributed by atoms with Crippen LogP contribution in [0.4, 0.5) is 13.2 Å². The van der Waals surface area contributed by atoms with Gasteiger partial charge in [-0.05, 0) is 35.2 Å². The number of carbonyl (C=O) groups excluding carboxylic acids is 1. The number of halogens is 3. The largest absolute Gasteiger partial charge is 0.471 e. The molecule has 1 aromatic heterocycles. The van der Waals surface area contributed by atoms with E-state index in [1.54, 1.807) is 11.3 Å². The Morgan fingerprint density at radius 3 is 2.85 bits per heavy atom. The summed E-state index contributed by atoms with van der Waals surface area (Å²) in [5, 5.41) is 9.28. The number of hydrogen-bond acceptors (Lipinski definition) is 3. The Balaban J connectivity index is 2.03. The number of thiophene rings is 1. The van der Waals surface area contributed by atoms with Gasteiger partial charge in [0.1, 0.15) is 0 Å². The fraction of sp³-hybridized carbons (Fsp3) is 0.615. The first-order valence-electron chi connectivity index (χ1n) is 6.55. The van der Waals surface area contributed by atoms with E-state index in [0.717, 1.165) is 12.0 Å². The predicted octanol–water partition coefficient (Wildman–Crippen LogP) is 2.65. The van der Waals surface area contributed by atoms with Crippen molar-refractivity contribution < 1.29 is 18.0 Å². The van der Waals surface area contributed by atoms with Crippen molar-refractivity contribution >= 4 is 17.2 Å². The van der Waals surface area contributed by atoms with Gasteiger partial charge in [0.15, 0.2) is 0 Å². The van der Waals surface area contributed by atoms with Crippen LogP contribution in [-0.4, -0.2) is 30.7 Å². The van der Waals surface area contributed by atoms with Crippen LogP contribution in [-0.2, 0) is 4.79 Å². The minimum Gasteiger partial charge on any atom is -0.344 e. The maximum atomic E-state index is 12.3.